The zero-order chi connectivity index (χ0) is 23.6. The molecule has 0 bridgehead atoms. The molecule has 4 aromatic rings. The Morgan fingerprint density at radius 3 is 2.51 bits per heavy atom. The number of nitrogens with one attached hydrogen (secondary N) is 1. The number of thiocarbonyl (C=S) groups is 1. The van der Waals surface area contributed by atoms with Gasteiger partial charge in [-0.1, -0.05) is 6.07 Å². The Hall–Kier alpha value is -3.62. The number of pyridine rings is 1. The number of ether oxygens (including phenoxy) is 1. The van der Waals surface area contributed by atoms with E-state index in [2.05, 4.69) is 73.3 Å². The molecule has 2 saturated heterocycles. The first-order chi connectivity index (χ1) is 17.3. The fourth-order valence-corrected chi connectivity index (χ4v) is 5.34. The summed E-state index contributed by atoms with van der Waals surface area (Å²) in [6.07, 6.45) is 5.64. The number of rotatable bonds is 6. The molecule has 35 heavy (non-hydrogen) atoms. The summed E-state index contributed by atoms with van der Waals surface area (Å²) >= 11 is 5.90. The summed E-state index contributed by atoms with van der Waals surface area (Å²) in [5, 5.41) is 4.24. The SMILES string of the molecule is S=C1N[C@H](c2ccccn2)[C@@H](c2cccn2Cc2ccco2)N1c1ccc(N2CCOCC2)cc1. The molecule has 2 aliphatic heterocycles. The highest BCUT2D eigenvalue weighted by Crippen LogP contribution is 2.42. The zero-order valence-electron chi connectivity index (χ0n) is 19.3. The Labute approximate surface area is 209 Å². The third-order valence-corrected chi connectivity index (χ3v) is 6.99. The van der Waals surface area contributed by atoms with Crippen molar-refractivity contribution in [3.05, 3.63) is 103 Å². The molecule has 0 unspecified atom stereocenters. The number of hydrogen-bond acceptors (Lipinski definition) is 5. The van der Waals surface area contributed by atoms with Crippen molar-refractivity contribution in [2.75, 3.05) is 36.1 Å². The molecule has 178 valence electrons. The van der Waals surface area contributed by atoms with Gasteiger partial charge in [-0.25, -0.2) is 0 Å². The maximum absolute atomic E-state index is 5.90. The molecule has 6 rings (SSSR count). The van der Waals surface area contributed by atoms with Gasteiger partial charge >= 0.3 is 0 Å². The first-order valence-electron chi connectivity index (χ1n) is 11.9. The molecular weight excluding hydrogens is 458 g/mol. The van der Waals surface area contributed by atoms with E-state index in [0.29, 0.717) is 11.7 Å². The van der Waals surface area contributed by atoms with Crippen LogP contribution in [-0.4, -0.2) is 41.0 Å². The Morgan fingerprint density at radius 2 is 1.77 bits per heavy atom. The second-order valence-electron chi connectivity index (χ2n) is 8.75. The maximum Gasteiger partial charge on any atom is 0.174 e. The van der Waals surface area contributed by atoms with Crippen molar-refractivity contribution in [1.82, 2.24) is 14.9 Å². The lowest BCUT2D eigenvalue weighted by Crippen LogP contribution is -2.36. The molecule has 0 aliphatic carbocycles. The van der Waals surface area contributed by atoms with E-state index in [1.165, 1.54) is 5.69 Å². The molecule has 0 radical (unpaired) electrons. The third-order valence-electron chi connectivity index (χ3n) is 6.68. The molecule has 7 nitrogen and oxygen atoms in total. The predicted octanol–water partition coefficient (Wildman–Crippen LogP) is 4.54. The number of anilines is 2. The number of aromatic nitrogens is 2. The maximum atomic E-state index is 5.90. The van der Waals surface area contributed by atoms with Gasteiger partial charge < -0.3 is 28.8 Å². The molecular formula is C27H27N5O2S. The van der Waals surface area contributed by atoms with Crippen molar-refractivity contribution in [2.45, 2.75) is 18.6 Å². The third kappa shape index (κ3) is 4.31. The van der Waals surface area contributed by atoms with E-state index in [-0.39, 0.29) is 12.1 Å². The minimum Gasteiger partial charge on any atom is -0.467 e. The quantitative estimate of drug-likeness (QED) is 0.403. The van der Waals surface area contributed by atoms with Crippen LogP contribution in [0.3, 0.4) is 0 Å². The summed E-state index contributed by atoms with van der Waals surface area (Å²) in [6.45, 7) is 4.00. The highest BCUT2D eigenvalue weighted by molar-refractivity contribution is 7.80. The zero-order valence-corrected chi connectivity index (χ0v) is 20.1. The fraction of sp³-hybridized carbons (Fsp3) is 0.259. The van der Waals surface area contributed by atoms with Crippen LogP contribution in [0.5, 0.6) is 0 Å². The molecule has 0 saturated carbocycles. The molecule has 1 N–H and O–H groups in total. The lowest BCUT2D eigenvalue weighted by Gasteiger charge is -2.31. The number of benzene rings is 1. The molecule has 0 amide bonds. The van der Waals surface area contributed by atoms with Gasteiger partial charge in [-0.15, -0.1) is 0 Å². The van der Waals surface area contributed by atoms with Crippen molar-refractivity contribution < 1.29 is 9.15 Å². The van der Waals surface area contributed by atoms with Gasteiger partial charge in [-0.05, 0) is 72.9 Å². The van der Waals surface area contributed by atoms with Crippen LogP contribution >= 0.6 is 12.2 Å². The van der Waals surface area contributed by atoms with Crippen LogP contribution in [0.2, 0.25) is 0 Å². The number of furan rings is 1. The highest BCUT2D eigenvalue weighted by atomic mass is 32.1. The van der Waals surface area contributed by atoms with Crippen LogP contribution in [0, 0.1) is 0 Å². The molecule has 5 heterocycles. The summed E-state index contributed by atoms with van der Waals surface area (Å²) in [6, 6.07) is 22.7. The minimum atomic E-state index is -0.0899. The smallest absolute Gasteiger partial charge is 0.174 e. The van der Waals surface area contributed by atoms with Crippen molar-refractivity contribution in [3.63, 3.8) is 0 Å². The van der Waals surface area contributed by atoms with Crippen LogP contribution in [0.15, 0.2) is 89.8 Å². The van der Waals surface area contributed by atoms with E-state index >= 15 is 0 Å². The number of hydrogen-bond donors (Lipinski definition) is 1. The molecule has 2 fully saturated rings. The Bertz CT molecular complexity index is 1270. The van der Waals surface area contributed by atoms with E-state index in [4.69, 9.17) is 21.4 Å². The van der Waals surface area contributed by atoms with E-state index in [0.717, 1.165) is 49.1 Å². The predicted molar refractivity (Wildman–Crippen MR) is 140 cm³/mol. The van der Waals surface area contributed by atoms with Gasteiger partial charge in [0, 0.05) is 42.6 Å². The summed E-state index contributed by atoms with van der Waals surface area (Å²) in [4.78, 5) is 9.24. The average molecular weight is 486 g/mol. The van der Waals surface area contributed by atoms with Crippen LogP contribution in [0.25, 0.3) is 0 Å². The van der Waals surface area contributed by atoms with Gasteiger partial charge in [-0.2, -0.15) is 0 Å². The number of morpholine rings is 1. The van der Waals surface area contributed by atoms with Crippen LogP contribution < -0.4 is 15.1 Å². The van der Waals surface area contributed by atoms with Crippen LogP contribution in [0.4, 0.5) is 11.4 Å². The molecule has 3 aromatic heterocycles. The first kappa shape index (κ1) is 21.9. The van der Waals surface area contributed by atoms with E-state index in [9.17, 15) is 0 Å². The van der Waals surface area contributed by atoms with E-state index in [1.54, 1.807) is 6.26 Å². The Morgan fingerprint density at radius 1 is 0.943 bits per heavy atom. The molecule has 2 aliphatic rings. The fourth-order valence-electron chi connectivity index (χ4n) is 4.99. The molecule has 2 atom stereocenters. The standard InChI is InChI=1S/C27H27N5O2S/c35-27-29-25(23-6-1-2-12-28-23)26(24-7-3-13-31(24)19-22-5-4-16-34-22)32(27)21-10-8-20(9-11-21)30-14-17-33-18-15-30/h1-13,16,25-26H,14-15,17-19H2,(H,29,35)/t25-,26-/m1/s1. The topological polar surface area (TPSA) is 58.7 Å². The summed E-state index contributed by atoms with van der Waals surface area (Å²) in [5.41, 5.74) is 4.35. The van der Waals surface area contributed by atoms with Gasteiger partial charge in [0.25, 0.3) is 0 Å². The minimum absolute atomic E-state index is 0.0726. The summed E-state index contributed by atoms with van der Waals surface area (Å²) in [7, 11) is 0. The second-order valence-corrected chi connectivity index (χ2v) is 9.14. The van der Waals surface area contributed by atoms with Crippen molar-refractivity contribution in [3.8, 4) is 0 Å². The second kappa shape index (κ2) is 9.56. The monoisotopic (exact) mass is 485 g/mol. The normalized spacial score (nSPS) is 20.3. The van der Waals surface area contributed by atoms with Gasteiger partial charge in [0.2, 0.25) is 0 Å². The van der Waals surface area contributed by atoms with Crippen LogP contribution in [0.1, 0.15) is 29.2 Å². The van der Waals surface area contributed by atoms with Gasteiger partial charge in [0.05, 0.1) is 37.8 Å². The lowest BCUT2D eigenvalue weighted by molar-refractivity contribution is 0.122. The Kier molecular flexibility index (Phi) is 5.98. The summed E-state index contributed by atoms with van der Waals surface area (Å²) < 4.78 is 13.4. The lowest BCUT2D eigenvalue weighted by atomic mass is 10.0. The van der Waals surface area contributed by atoms with Gasteiger partial charge in [0.15, 0.2) is 5.11 Å². The van der Waals surface area contributed by atoms with E-state index in [1.807, 2.05) is 30.5 Å². The van der Waals surface area contributed by atoms with Crippen LogP contribution in [-0.2, 0) is 11.3 Å². The number of nitrogens with zero attached hydrogens (tertiary/aromatic N) is 4. The largest absolute Gasteiger partial charge is 0.467 e. The van der Waals surface area contributed by atoms with Crippen molar-refractivity contribution in [2.24, 2.45) is 0 Å². The highest BCUT2D eigenvalue weighted by Gasteiger charge is 2.42. The van der Waals surface area contributed by atoms with Gasteiger partial charge in [-0.3, -0.25) is 4.98 Å². The molecule has 1 aromatic carbocycles. The Balaban J connectivity index is 1.37. The van der Waals surface area contributed by atoms with Crippen molar-refractivity contribution in [1.29, 1.82) is 0 Å². The average Bonchev–Trinajstić information content (AvgIpc) is 3.66. The van der Waals surface area contributed by atoms with Gasteiger partial charge in [0.1, 0.15) is 11.8 Å². The first-order valence-corrected chi connectivity index (χ1v) is 12.3. The van der Waals surface area contributed by atoms with Crippen molar-refractivity contribution >= 4 is 28.7 Å². The molecule has 0 spiro atoms. The summed E-state index contributed by atoms with van der Waals surface area (Å²) in [5.74, 6) is 0.909. The molecule has 8 heteroatoms. The van der Waals surface area contributed by atoms with E-state index < -0.39 is 0 Å².